The highest BCUT2D eigenvalue weighted by atomic mass is 19.1. The Kier molecular flexibility index (Phi) is 8.80. The summed E-state index contributed by atoms with van der Waals surface area (Å²) < 4.78 is 23.4. The molecule has 156 valence electrons. The van der Waals surface area contributed by atoms with Crippen LogP contribution in [0.15, 0.2) is 29.3 Å². The van der Waals surface area contributed by atoms with Crippen LogP contribution in [0.3, 0.4) is 0 Å². The number of amides is 1. The summed E-state index contributed by atoms with van der Waals surface area (Å²) in [5.74, 6) is 0.842. The molecule has 0 aromatic heterocycles. The summed E-state index contributed by atoms with van der Waals surface area (Å²) in [6, 6.07) is 5.63. The molecular formula is C19H29FN4O4. The van der Waals surface area contributed by atoms with E-state index in [2.05, 4.69) is 10.3 Å². The van der Waals surface area contributed by atoms with Crippen molar-refractivity contribution < 1.29 is 23.8 Å². The summed E-state index contributed by atoms with van der Waals surface area (Å²) in [6.45, 7) is 7.42. The third kappa shape index (κ3) is 6.88. The Morgan fingerprint density at radius 3 is 2.46 bits per heavy atom. The molecule has 1 unspecified atom stereocenters. The van der Waals surface area contributed by atoms with E-state index in [0.717, 1.165) is 0 Å². The molecule has 1 saturated heterocycles. The number of aliphatic hydroxyl groups excluding tert-OH is 1. The minimum atomic E-state index is -0.792. The van der Waals surface area contributed by atoms with E-state index in [1.165, 1.54) is 24.3 Å². The van der Waals surface area contributed by atoms with Crippen molar-refractivity contribution in [1.82, 2.24) is 15.1 Å². The first-order valence-corrected chi connectivity index (χ1v) is 9.54. The summed E-state index contributed by atoms with van der Waals surface area (Å²) in [7, 11) is 0. The zero-order valence-electron chi connectivity index (χ0n) is 16.4. The number of benzene rings is 1. The fraction of sp³-hybridized carbons (Fsp3) is 0.579. The Morgan fingerprint density at radius 2 is 1.86 bits per heavy atom. The summed E-state index contributed by atoms with van der Waals surface area (Å²) in [5.41, 5.74) is 0. The van der Waals surface area contributed by atoms with Crippen molar-refractivity contribution >= 4 is 12.1 Å². The smallest absolute Gasteiger partial charge is 0.409 e. The highest BCUT2D eigenvalue weighted by Gasteiger charge is 2.23. The molecule has 2 rings (SSSR count). The number of ether oxygens (including phenoxy) is 2. The predicted molar refractivity (Wildman–Crippen MR) is 104 cm³/mol. The van der Waals surface area contributed by atoms with Crippen molar-refractivity contribution in [3.63, 3.8) is 0 Å². The second kappa shape index (κ2) is 11.3. The standard InChI is InChI=1S/C19H29FN4O4/c1-3-21-18(23-9-11-24(12-10-23)19(26)27-4-2)22-13-16(25)14-28-17-7-5-15(20)6-8-17/h5-8,16,25H,3-4,9-14H2,1-2H3,(H,21,22). The van der Waals surface area contributed by atoms with Crippen LogP contribution in [0, 0.1) is 5.82 Å². The van der Waals surface area contributed by atoms with Gasteiger partial charge < -0.3 is 29.7 Å². The Labute approximate surface area is 164 Å². The molecule has 0 bridgehead atoms. The van der Waals surface area contributed by atoms with Gasteiger partial charge in [0.1, 0.15) is 24.3 Å². The number of hydrogen-bond acceptors (Lipinski definition) is 5. The van der Waals surface area contributed by atoms with E-state index in [1.54, 1.807) is 11.8 Å². The minimum absolute atomic E-state index is 0.0607. The molecule has 1 aromatic rings. The van der Waals surface area contributed by atoms with Gasteiger partial charge in [0, 0.05) is 32.7 Å². The third-order valence-corrected chi connectivity index (χ3v) is 4.15. The maximum Gasteiger partial charge on any atom is 0.409 e. The second-order valence-electron chi connectivity index (χ2n) is 6.29. The molecule has 1 fully saturated rings. The molecule has 1 heterocycles. The van der Waals surface area contributed by atoms with Gasteiger partial charge in [-0.2, -0.15) is 0 Å². The van der Waals surface area contributed by atoms with Gasteiger partial charge in [0.15, 0.2) is 5.96 Å². The van der Waals surface area contributed by atoms with Gasteiger partial charge in [0.2, 0.25) is 0 Å². The fourth-order valence-corrected chi connectivity index (χ4v) is 2.71. The summed E-state index contributed by atoms with van der Waals surface area (Å²) in [5, 5.41) is 13.3. The van der Waals surface area contributed by atoms with Gasteiger partial charge in [-0.15, -0.1) is 0 Å². The van der Waals surface area contributed by atoms with Crippen LogP contribution >= 0.6 is 0 Å². The number of aliphatic hydroxyl groups is 1. The molecule has 9 heteroatoms. The number of hydrogen-bond donors (Lipinski definition) is 2. The molecule has 2 N–H and O–H groups in total. The van der Waals surface area contributed by atoms with Gasteiger partial charge in [-0.3, -0.25) is 4.99 Å². The third-order valence-electron chi connectivity index (χ3n) is 4.15. The number of aliphatic imine (C=N–C) groups is 1. The van der Waals surface area contributed by atoms with Crippen molar-refractivity contribution in [3.05, 3.63) is 30.1 Å². The van der Waals surface area contributed by atoms with E-state index in [4.69, 9.17) is 9.47 Å². The van der Waals surface area contributed by atoms with Crippen molar-refractivity contribution in [2.24, 2.45) is 4.99 Å². The molecule has 1 amide bonds. The van der Waals surface area contributed by atoms with Crippen LogP contribution in [0.1, 0.15) is 13.8 Å². The lowest BCUT2D eigenvalue weighted by Crippen LogP contribution is -2.54. The van der Waals surface area contributed by atoms with Gasteiger partial charge >= 0.3 is 6.09 Å². The van der Waals surface area contributed by atoms with Crippen LogP contribution in [0.5, 0.6) is 5.75 Å². The van der Waals surface area contributed by atoms with Crippen LogP contribution in [0.2, 0.25) is 0 Å². The Bertz CT molecular complexity index is 633. The number of carbonyl (C=O) groups is 1. The van der Waals surface area contributed by atoms with E-state index >= 15 is 0 Å². The summed E-state index contributed by atoms with van der Waals surface area (Å²) in [6.07, 6.45) is -1.09. The first-order chi connectivity index (χ1) is 13.5. The molecule has 1 aliphatic heterocycles. The monoisotopic (exact) mass is 396 g/mol. The number of piperazine rings is 1. The zero-order valence-corrected chi connectivity index (χ0v) is 16.4. The number of halogens is 1. The topological polar surface area (TPSA) is 86.6 Å². The lowest BCUT2D eigenvalue weighted by Gasteiger charge is -2.36. The van der Waals surface area contributed by atoms with Gasteiger partial charge in [0.25, 0.3) is 0 Å². The van der Waals surface area contributed by atoms with E-state index < -0.39 is 6.10 Å². The van der Waals surface area contributed by atoms with Crippen molar-refractivity contribution in [2.75, 3.05) is 52.5 Å². The molecule has 0 radical (unpaired) electrons. The lowest BCUT2D eigenvalue weighted by molar-refractivity contribution is 0.0911. The maximum atomic E-state index is 12.9. The van der Waals surface area contributed by atoms with Gasteiger partial charge in [-0.1, -0.05) is 0 Å². The molecule has 1 aromatic carbocycles. The van der Waals surface area contributed by atoms with Crippen LogP contribution in [-0.2, 0) is 4.74 Å². The molecule has 0 aliphatic carbocycles. The van der Waals surface area contributed by atoms with E-state index in [9.17, 15) is 14.3 Å². The highest BCUT2D eigenvalue weighted by molar-refractivity contribution is 5.80. The SMILES string of the molecule is CCNC(=NCC(O)COc1ccc(F)cc1)N1CCN(C(=O)OCC)CC1. The fourth-order valence-electron chi connectivity index (χ4n) is 2.71. The predicted octanol–water partition coefficient (Wildman–Crippen LogP) is 1.30. The molecule has 0 saturated carbocycles. The lowest BCUT2D eigenvalue weighted by atomic mass is 10.3. The van der Waals surface area contributed by atoms with E-state index in [1.807, 2.05) is 11.8 Å². The largest absolute Gasteiger partial charge is 0.491 e. The summed E-state index contributed by atoms with van der Waals surface area (Å²) >= 11 is 0. The van der Waals surface area contributed by atoms with E-state index in [-0.39, 0.29) is 25.1 Å². The number of guanidine groups is 1. The quantitative estimate of drug-likeness (QED) is 0.534. The number of carbonyl (C=O) groups excluding carboxylic acids is 1. The van der Waals surface area contributed by atoms with Crippen LogP contribution in [0.4, 0.5) is 9.18 Å². The highest BCUT2D eigenvalue weighted by Crippen LogP contribution is 2.11. The van der Waals surface area contributed by atoms with Crippen molar-refractivity contribution in [3.8, 4) is 5.75 Å². The zero-order chi connectivity index (χ0) is 20.4. The molecule has 1 aliphatic rings. The molecule has 28 heavy (non-hydrogen) atoms. The molecule has 8 nitrogen and oxygen atoms in total. The van der Waals surface area contributed by atoms with Crippen LogP contribution in [-0.4, -0.2) is 85.5 Å². The first kappa shape index (κ1) is 21.7. The molecule has 1 atom stereocenters. The first-order valence-electron chi connectivity index (χ1n) is 9.54. The minimum Gasteiger partial charge on any atom is -0.491 e. The molecule has 0 spiro atoms. The van der Waals surface area contributed by atoms with Crippen LogP contribution < -0.4 is 10.1 Å². The number of nitrogens with one attached hydrogen (secondary N) is 1. The Balaban J connectivity index is 1.82. The Morgan fingerprint density at radius 1 is 1.21 bits per heavy atom. The summed E-state index contributed by atoms with van der Waals surface area (Å²) in [4.78, 5) is 20.0. The number of nitrogens with zero attached hydrogens (tertiary/aromatic N) is 3. The van der Waals surface area contributed by atoms with Crippen molar-refractivity contribution in [2.45, 2.75) is 20.0 Å². The molecular weight excluding hydrogens is 367 g/mol. The number of rotatable bonds is 7. The van der Waals surface area contributed by atoms with Gasteiger partial charge in [0.05, 0.1) is 13.2 Å². The average Bonchev–Trinajstić information content (AvgIpc) is 2.71. The van der Waals surface area contributed by atoms with Crippen molar-refractivity contribution in [1.29, 1.82) is 0 Å². The van der Waals surface area contributed by atoms with Gasteiger partial charge in [-0.25, -0.2) is 9.18 Å². The van der Waals surface area contributed by atoms with Crippen LogP contribution in [0.25, 0.3) is 0 Å². The Hall–Kier alpha value is -2.55. The maximum absolute atomic E-state index is 12.9. The normalized spacial score (nSPS) is 15.9. The van der Waals surface area contributed by atoms with Gasteiger partial charge in [-0.05, 0) is 38.1 Å². The second-order valence-corrected chi connectivity index (χ2v) is 6.29. The average molecular weight is 396 g/mol. The van der Waals surface area contributed by atoms with E-state index in [0.29, 0.717) is 51.0 Å².